The van der Waals surface area contributed by atoms with Gasteiger partial charge in [-0.3, -0.25) is 4.79 Å². The first-order valence-corrected chi connectivity index (χ1v) is 8.67. The molecule has 0 spiro atoms. The van der Waals surface area contributed by atoms with Crippen molar-refractivity contribution in [1.29, 1.82) is 0 Å². The van der Waals surface area contributed by atoms with Crippen LogP contribution in [0, 0.1) is 5.92 Å². The molecule has 1 aromatic heterocycles. The van der Waals surface area contributed by atoms with E-state index in [9.17, 15) is 4.79 Å². The number of amides is 1. The monoisotopic (exact) mass is 322 g/mol. The molecule has 5 nitrogen and oxygen atoms in total. The largest absolute Gasteiger partial charge is 0.366 e. The molecule has 2 aliphatic rings. The lowest BCUT2D eigenvalue weighted by Crippen LogP contribution is -2.23. The molecule has 2 N–H and O–H groups in total. The van der Waals surface area contributed by atoms with Crippen LogP contribution in [0.5, 0.6) is 0 Å². The lowest BCUT2D eigenvalue weighted by atomic mass is 9.97. The Kier molecular flexibility index (Phi) is 3.92. The van der Waals surface area contributed by atoms with E-state index < -0.39 is 0 Å². The van der Waals surface area contributed by atoms with E-state index in [-0.39, 0.29) is 5.91 Å². The van der Waals surface area contributed by atoms with Gasteiger partial charge in [-0.15, -0.1) is 0 Å². The number of aromatic nitrogens is 2. The molecule has 1 aliphatic carbocycles. The third-order valence-corrected chi connectivity index (χ3v) is 5.17. The molecule has 2 heterocycles. The van der Waals surface area contributed by atoms with Gasteiger partial charge in [-0.1, -0.05) is 12.1 Å². The highest BCUT2D eigenvalue weighted by molar-refractivity contribution is 5.92. The fraction of sp³-hybridized carbons (Fsp3) is 0.421. The highest BCUT2D eigenvalue weighted by atomic mass is 16.1. The third kappa shape index (κ3) is 2.86. The van der Waals surface area contributed by atoms with E-state index in [4.69, 9.17) is 5.73 Å². The average molecular weight is 322 g/mol. The summed E-state index contributed by atoms with van der Waals surface area (Å²) in [6, 6.07) is 7.70. The van der Waals surface area contributed by atoms with Gasteiger partial charge in [-0.25, -0.2) is 9.97 Å². The second-order valence-corrected chi connectivity index (χ2v) is 6.85. The van der Waals surface area contributed by atoms with Crippen LogP contribution >= 0.6 is 0 Å². The zero-order valence-corrected chi connectivity index (χ0v) is 13.7. The third-order valence-electron chi connectivity index (χ3n) is 5.17. The zero-order valence-electron chi connectivity index (χ0n) is 13.7. The van der Waals surface area contributed by atoms with Crippen molar-refractivity contribution in [3.8, 4) is 0 Å². The lowest BCUT2D eigenvalue weighted by Gasteiger charge is -2.20. The maximum atomic E-state index is 11.3. The summed E-state index contributed by atoms with van der Waals surface area (Å²) in [5.74, 6) is 1.37. The van der Waals surface area contributed by atoms with Gasteiger partial charge in [-0.2, -0.15) is 0 Å². The summed E-state index contributed by atoms with van der Waals surface area (Å²) in [5.41, 5.74) is 9.75. The number of aryl methyl sites for hydroxylation is 1. The molecule has 1 fully saturated rings. The van der Waals surface area contributed by atoms with E-state index in [1.54, 1.807) is 12.4 Å². The van der Waals surface area contributed by atoms with Gasteiger partial charge >= 0.3 is 0 Å². The Morgan fingerprint density at radius 3 is 3.08 bits per heavy atom. The smallest absolute Gasteiger partial charge is 0.248 e. The van der Waals surface area contributed by atoms with Crippen molar-refractivity contribution in [1.82, 2.24) is 9.97 Å². The van der Waals surface area contributed by atoms with Crippen LogP contribution in [-0.4, -0.2) is 29.0 Å². The van der Waals surface area contributed by atoms with Crippen LogP contribution in [0.3, 0.4) is 0 Å². The van der Waals surface area contributed by atoms with Gasteiger partial charge in [0.1, 0.15) is 12.1 Å². The van der Waals surface area contributed by atoms with Gasteiger partial charge in [-0.05, 0) is 55.7 Å². The van der Waals surface area contributed by atoms with Crippen molar-refractivity contribution in [2.45, 2.75) is 32.1 Å². The fourth-order valence-electron chi connectivity index (χ4n) is 3.99. The highest BCUT2D eigenvalue weighted by Gasteiger charge is 2.27. The molecule has 2 aromatic rings. The Balaban J connectivity index is 1.47. The molecule has 1 atom stereocenters. The molecule has 0 radical (unpaired) electrons. The minimum Gasteiger partial charge on any atom is -0.366 e. The molecule has 4 rings (SSSR count). The van der Waals surface area contributed by atoms with Crippen LogP contribution in [0.25, 0.3) is 0 Å². The number of carbonyl (C=O) groups excluding carboxylic acids is 1. The van der Waals surface area contributed by atoms with Crippen LogP contribution < -0.4 is 10.6 Å². The van der Waals surface area contributed by atoms with E-state index in [1.807, 2.05) is 12.1 Å². The van der Waals surface area contributed by atoms with E-state index in [2.05, 4.69) is 20.9 Å². The van der Waals surface area contributed by atoms with E-state index >= 15 is 0 Å². The Morgan fingerprint density at radius 2 is 2.21 bits per heavy atom. The normalized spacial score (nSPS) is 19.5. The second kappa shape index (κ2) is 6.23. The molecule has 5 heteroatoms. The topological polar surface area (TPSA) is 72.1 Å². The molecule has 24 heavy (non-hydrogen) atoms. The molecule has 0 saturated carbocycles. The average Bonchev–Trinajstić information content (AvgIpc) is 3.23. The summed E-state index contributed by atoms with van der Waals surface area (Å²) in [7, 11) is 0. The Bertz CT molecular complexity index is 774. The fourth-order valence-corrected chi connectivity index (χ4v) is 3.99. The summed E-state index contributed by atoms with van der Waals surface area (Å²) in [4.78, 5) is 22.7. The van der Waals surface area contributed by atoms with Crippen LogP contribution in [0.1, 0.15) is 40.0 Å². The number of nitrogens with zero attached hydrogens (tertiary/aromatic N) is 3. The standard InChI is InChI=1S/C19H22N4O/c20-18(24)15-4-1-3-13(10-15)9-14-7-8-23(11-14)19-16-5-2-6-17(16)21-12-22-19/h1,3-4,10,12,14H,2,5-9,11H2,(H2,20,24)/t14-/m0/s1. The lowest BCUT2D eigenvalue weighted by molar-refractivity contribution is 0.1000. The molecule has 124 valence electrons. The van der Waals surface area contributed by atoms with Crippen molar-refractivity contribution in [2.75, 3.05) is 18.0 Å². The first kappa shape index (κ1) is 15.1. The number of primary amides is 1. The number of benzene rings is 1. The zero-order chi connectivity index (χ0) is 16.5. The maximum absolute atomic E-state index is 11.3. The molecular weight excluding hydrogens is 300 g/mol. The van der Waals surface area contributed by atoms with Gasteiger partial charge in [0, 0.05) is 29.9 Å². The predicted molar refractivity (Wildman–Crippen MR) is 93.0 cm³/mol. The van der Waals surface area contributed by atoms with Crippen molar-refractivity contribution < 1.29 is 4.79 Å². The van der Waals surface area contributed by atoms with Gasteiger partial charge < -0.3 is 10.6 Å². The summed E-state index contributed by atoms with van der Waals surface area (Å²) >= 11 is 0. The summed E-state index contributed by atoms with van der Waals surface area (Å²) in [6.45, 7) is 2.06. The second-order valence-electron chi connectivity index (χ2n) is 6.85. The quantitative estimate of drug-likeness (QED) is 0.936. The number of fused-ring (bicyclic) bond motifs is 1. The number of hydrogen-bond donors (Lipinski definition) is 1. The molecule has 1 saturated heterocycles. The van der Waals surface area contributed by atoms with Gasteiger partial charge in [0.15, 0.2) is 0 Å². The van der Waals surface area contributed by atoms with Crippen LogP contribution in [0.4, 0.5) is 5.82 Å². The summed E-state index contributed by atoms with van der Waals surface area (Å²) < 4.78 is 0. The van der Waals surface area contributed by atoms with Crippen LogP contribution in [0.2, 0.25) is 0 Å². The Hall–Kier alpha value is -2.43. The predicted octanol–water partition coefficient (Wildman–Crippen LogP) is 2.13. The van der Waals surface area contributed by atoms with E-state index in [0.717, 1.165) is 44.6 Å². The molecule has 1 amide bonds. The molecular formula is C19H22N4O. The molecule has 1 aromatic carbocycles. The number of nitrogens with two attached hydrogens (primary N) is 1. The van der Waals surface area contributed by atoms with Crippen LogP contribution in [0.15, 0.2) is 30.6 Å². The SMILES string of the molecule is NC(=O)c1cccc(C[C@@H]2CCN(c3ncnc4c3CCC4)C2)c1. The molecule has 1 aliphatic heterocycles. The Morgan fingerprint density at radius 1 is 1.29 bits per heavy atom. The first-order chi connectivity index (χ1) is 11.7. The first-order valence-electron chi connectivity index (χ1n) is 8.67. The van der Waals surface area contributed by atoms with Crippen LogP contribution in [-0.2, 0) is 19.3 Å². The Labute approximate surface area is 141 Å². The number of carbonyl (C=O) groups is 1. The molecule has 0 bridgehead atoms. The van der Waals surface area contributed by atoms with Crippen molar-refractivity contribution in [2.24, 2.45) is 11.7 Å². The van der Waals surface area contributed by atoms with Gasteiger partial charge in [0.25, 0.3) is 0 Å². The van der Waals surface area contributed by atoms with E-state index in [0.29, 0.717) is 11.5 Å². The minimum absolute atomic E-state index is 0.360. The number of rotatable bonds is 4. The minimum atomic E-state index is -0.360. The van der Waals surface area contributed by atoms with Crippen molar-refractivity contribution in [3.63, 3.8) is 0 Å². The highest BCUT2D eigenvalue weighted by Crippen LogP contribution is 2.32. The van der Waals surface area contributed by atoms with Gasteiger partial charge in [0.2, 0.25) is 5.91 Å². The summed E-state index contributed by atoms with van der Waals surface area (Å²) in [6.07, 6.45) is 7.22. The summed E-state index contributed by atoms with van der Waals surface area (Å²) in [5, 5.41) is 0. The number of anilines is 1. The molecule has 0 unspecified atom stereocenters. The maximum Gasteiger partial charge on any atom is 0.248 e. The van der Waals surface area contributed by atoms with Crippen molar-refractivity contribution >= 4 is 11.7 Å². The van der Waals surface area contributed by atoms with E-state index in [1.165, 1.54) is 23.2 Å². The van der Waals surface area contributed by atoms with Crippen molar-refractivity contribution in [3.05, 3.63) is 53.0 Å². The number of hydrogen-bond acceptors (Lipinski definition) is 4. The van der Waals surface area contributed by atoms with Gasteiger partial charge in [0.05, 0.1) is 0 Å².